The molecule has 1 aliphatic heterocycles. The molecular weight excluding hydrogens is 358 g/mol. The zero-order chi connectivity index (χ0) is 19.3. The molecule has 1 aromatic carbocycles. The molecule has 2 aromatic heterocycles. The maximum Gasteiger partial charge on any atom is 0.228 e. The molecule has 2 aliphatic rings. The van der Waals surface area contributed by atoms with Crippen molar-refractivity contribution in [1.82, 2.24) is 24.8 Å². The van der Waals surface area contributed by atoms with Crippen LogP contribution in [0.15, 0.2) is 35.2 Å². The second-order valence-electron chi connectivity index (χ2n) is 8.04. The fraction of sp³-hybridized carbons (Fsp3) is 0.500. The number of para-hydroxylation sites is 2. The summed E-state index contributed by atoms with van der Waals surface area (Å²) in [5, 5.41) is 18.4. The Kier molecular flexibility index (Phi) is 4.16. The smallest absolute Gasteiger partial charge is 0.228 e. The summed E-state index contributed by atoms with van der Waals surface area (Å²) in [6.07, 6.45) is 3.16. The topological polar surface area (TPSA) is 97.3 Å². The van der Waals surface area contributed by atoms with Gasteiger partial charge in [0.1, 0.15) is 11.4 Å². The number of likely N-dealkylation sites (tertiary alicyclic amines) is 1. The van der Waals surface area contributed by atoms with Gasteiger partial charge in [-0.3, -0.25) is 4.79 Å². The first-order valence-electron chi connectivity index (χ1n) is 9.75. The molecule has 1 amide bonds. The normalized spacial score (nSPS) is 27.3. The van der Waals surface area contributed by atoms with E-state index in [-0.39, 0.29) is 18.4 Å². The van der Waals surface area contributed by atoms with Gasteiger partial charge in [0.05, 0.1) is 35.9 Å². The molecule has 5 rings (SSSR count). The van der Waals surface area contributed by atoms with Crippen LogP contribution in [0.25, 0.3) is 11.0 Å². The van der Waals surface area contributed by atoms with Crippen LogP contribution in [0.5, 0.6) is 0 Å². The quantitative estimate of drug-likeness (QED) is 0.742. The van der Waals surface area contributed by atoms with Gasteiger partial charge in [-0.15, -0.1) is 0 Å². The molecule has 0 bridgehead atoms. The summed E-state index contributed by atoms with van der Waals surface area (Å²) in [6, 6.07) is 7.99. The van der Waals surface area contributed by atoms with Crippen molar-refractivity contribution in [3.8, 4) is 0 Å². The molecule has 0 radical (unpaired) electrons. The zero-order valence-electron chi connectivity index (χ0n) is 15.7. The number of imidazole rings is 1. The number of aliphatic hydroxyl groups excluding tert-OH is 1. The van der Waals surface area contributed by atoms with Crippen LogP contribution < -0.4 is 0 Å². The van der Waals surface area contributed by atoms with E-state index in [9.17, 15) is 9.90 Å². The van der Waals surface area contributed by atoms with Crippen molar-refractivity contribution in [1.29, 1.82) is 0 Å². The number of benzene rings is 1. The minimum absolute atomic E-state index is 0.00862. The van der Waals surface area contributed by atoms with Gasteiger partial charge in [0, 0.05) is 13.1 Å². The third-order valence-corrected chi connectivity index (χ3v) is 6.37. The third-order valence-electron chi connectivity index (χ3n) is 6.37. The van der Waals surface area contributed by atoms with Gasteiger partial charge in [0.15, 0.2) is 0 Å². The van der Waals surface area contributed by atoms with E-state index in [0.717, 1.165) is 24.0 Å². The summed E-state index contributed by atoms with van der Waals surface area (Å²) in [4.78, 5) is 19.1. The fourth-order valence-electron chi connectivity index (χ4n) is 4.82. The number of amides is 1. The highest BCUT2D eigenvalue weighted by molar-refractivity contribution is 5.79. The molecule has 1 aliphatic carbocycles. The molecule has 4 atom stereocenters. The molecular formula is C20H23N5O3. The molecule has 28 heavy (non-hydrogen) atoms. The third kappa shape index (κ3) is 2.88. The minimum Gasteiger partial charge on any atom is -0.391 e. The fourth-order valence-corrected chi connectivity index (χ4v) is 4.82. The predicted molar refractivity (Wildman–Crippen MR) is 100 cm³/mol. The van der Waals surface area contributed by atoms with E-state index in [2.05, 4.69) is 19.9 Å². The van der Waals surface area contributed by atoms with Crippen LogP contribution in [0, 0.1) is 18.8 Å². The number of hydrogen-bond donors (Lipinski definition) is 1. The highest BCUT2D eigenvalue weighted by Gasteiger charge is 2.43. The van der Waals surface area contributed by atoms with Crippen LogP contribution in [-0.4, -0.2) is 55.0 Å². The molecule has 0 spiro atoms. The number of hydrogen-bond acceptors (Lipinski definition) is 6. The summed E-state index contributed by atoms with van der Waals surface area (Å²) in [7, 11) is 0. The maximum absolute atomic E-state index is 12.7. The molecule has 3 aromatic rings. The molecule has 0 unspecified atom stereocenters. The van der Waals surface area contributed by atoms with E-state index in [0.29, 0.717) is 36.2 Å². The average molecular weight is 381 g/mol. The standard InChI is InChI=1S/C20H23N5O3/c1-12-16(23-28-22-12)8-20(27)24-9-13-6-18(19(26)7-14(13)10-24)25-11-21-15-4-2-3-5-17(15)25/h2-5,11,13-14,18-19,26H,6-10H2,1H3/t13-,14+,18-,19-/m1/s1. The molecule has 1 N–H and O–H groups in total. The van der Waals surface area contributed by atoms with Crippen molar-refractivity contribution in [3.05, 3.63) is 42.0 Å². The maximum atomic E-state index is 12.7. The number of aromatic nitrogens is 4. The Hall–Kier alpha value is -2.74. The summed E-state index contributed by atoms with van der Waals surface area (Å²) >= 11 is 0. The Balaban J connectivity index is 1.32. The highest BCUT2D eigenvalue weighted by atomic mass is 16.6. The van der Waals surface area contributed by atoms with Crippen LogP contribution in [0.2, 0.25) is 0 Å². The Bertz CT molecular complexity index is 1010. The first-order valence-corrected chi connectivity index (χ1v) is 9.75. The van der Waals surface area contributed by atoms with Crippen molar-refractivity contribution >= 4 is 16.9 Å². The van der Waals surface area contributed by atoms with Crippen LogP contribution in [0.3, 0.4) is 0 Å². The second kappa shape index (κ2) is 6.70. The number of carbonyl (C=O) groups is 1. The summed E-state index contributed by atoms with van der Waals surface area (Å²) in [6.45, 7) is 3.21. The first-order chi connectivity index (χ1) is 13.6. The number of nitrogens with zero attached hydrogens (tertiary/aromatic N) is 5. The van der Waals surface area contributed by atoms with Crippen molar-refractivity contribution in [3.63, 3.8) is 0 Å². The monoisotopic (exact) mass is 381 g/mol. The lowest BCUT2D eigenvalue weighted by molar-refractivity contribution is -0.129. The minimum atomic E-state index is -0.434. The summed E-state index contributed by atoms with van der Waals surface area (Å²) in [5.74, 6) is 0.767. The van der Waals surface area contributed by atoms with E-state index in [1.54, 1.807) is 6.92 Å². The van der Waals surface area contributed by atoms with Crippen molar-refractivity contribution in [2.45, 2.75) is 38.3 Å². The average Bonchev–Trinajstić information content (AvgIpc) is 3.39. The molecule has 2 fully saturated rings. The molecule has 8 heteroatoms. The Labute approximate surface area is 162 Å². The van der Waals surface area contributed by atoms with E-state index in [1.807, 2.05) is 35.5 Å². The van der Waals surface area contributed by atoms with Gasteiger partial charge >= 0.3 is 0 Å². The van der Waals surface area contributed by atoms with Crippen molar-refractivity contribution < 1.29 is 14.5 Å². The van der Waals surface area contributed by atoms with Gasteiger partial charge < -0.3 is 14.6 Å². The van der Waals surface area contributed by atoms with Gasteiger partial charge in [0.25, 0.3) is 0 Å². The van der Waals surface area contributed by atoms with E-state index >= 15 is 0 Å². The lowest BCUT2D eigenvalue weighted by atomic mass is 9.77. The van der Waals surface area contributed by atoms with E-state index < -0.39 is 6.10 Å². The first kappa shape index (κ1) is 17.4. The van der Waals surface area contributed by atoms with E-state index in [1.165, 1.54) is 0 Å². The number of fused-ring (bicyclic) bond motifs is 2. The highest BCUT2D eigenvalue weighted by Crippen LogP contribution is 2.42. The van der Waals surface area contributed by atoms with Gasteiger partial charge in [-0.25, -0.2) is 9.61 Å². The summed E-state index contributed by atoms with van der Waals surface area (Å²) in [5.41, 5.74) is 3.25. The van der Waals surface area contributed by atoms with Gasteiger partial charge in [0.2, 0.25) is 5.91 Å². The van der Waals surface area contributed by atoms with Crippen LogP contribution in [0.1, 0.15) is 30.3 Å². The number of aryl methyl sites for hydroxylation is 1. The van der Waals surface area contributed by atoms with Crippen LogP contribution in [-0.2, 0) is 11.2 Å². The Morgan fingerprint density at radius 3 is 2.79 bits per heavy atom. The van der Waals surface area contributed by atoms with Gasteiger partial charge in [-0.1, -0.05) is 22.4 Å². The second-order valence-corrected chi connectivity index (χ2v) is 8.04. The van der Waals surface area contributed by atoms with Crippen LogP contribution in [0.4, 0.5) is 0 Å². The largest absolute Gasteiger partial charge is 0.391 e. The molecule has 146 valence electrons. The van der Waals surface area contributed by atoms with E-state index in [4.69, 9.17) is 4.63 Å². The SMILES string of the molecule is Cc1nonc1CC(=O)N1C[C@H]2C[C@@H](n3cnc4ccccc43)[C@H](O)C[C@H]2C1. The van der Waals surface area contributed by atoms with Crippen LogP contribution >= 0.6 is 0 Å². The molecule has 8 nitrogen and oxygen atoms in total. The number of rotatable bonds is 3. The predicted octanol–water partition coefficient (Wildman–Crippen LogP) is 1.74. The zero-order valence-corrected chi connectivity index (χ0v) is 15.7. The van der Waals surface area contributed by atoms with Crippen molar-refractivity contribution in [2.75, 3.05) is 13.1 Å². The molecule has 1 saturated heterocycles. The van der Waals surface area contributed by atoms with Crippen molar-refractivity contribution in [2.24, 2.45) is 11.8 Å². The number of aliphatic hydroxyl groups is 1. The summed E-state index contributed by atoms with van der Waals surface area (Å²) < 4.78 is 6.80. The van der Waals surface area contributed by atoms with Gasteiger partial charge in [-0.05, 0) is 43.7 Å². The lowest BCUT2D eigenvalue weighted by Gasteiger charge is -2.36. The van der Waals surface area contributed by atoms with Gasteiger partial charge in [-0.2, -0.15) is 0 Å². The molecule has 3 heterocycles. The molecule has 1 saturated carbocycles. The lowest BCUT2D eigenvalue weighted by Crippen LogP contribution is -2.36. The number of carbonyl (C=O) groups excluding carboxylic acids is 1. The Morgan fingerprint density at radius 2 is 2.00 bits per heavy atom. The Morgan fingerprint density at radius 1 is 1.21 bits per heavy atom.